The summed E-state index contributed by atoms with van der Waals surface area (Å²) in [5.41, 5.74) is 1.40. The number of hydrogen-bond donors (Lipinski definition) is 0. The average molecular weight is 515 g/mol. The van der Waals surface area contributed by atoms with Gasteiger partial charge in [0, 0.05) is 45.6 Å². The Morgan fingerprint density at radius 2 is 0.938 bits per heavy atom. The first kappa shape index (κ1) is 24.3. The third-order valence-corrected chi connectivity index (χ3v) is 9.27. The Balaban J connectivity index is 1.61. The van der Waals surface area contributed by atoms with Crippen LogP contribution in [0.4, 0.5) is 0 Å². The quantitative estimate of drug-likeness (QED) is 0.409. The van der Waals surface area contributed by atoms with E-state index in [1.807, 2.05) is 48.5 Å². The minimum absolute atomic E-state index is 0.0956. The summed E-state index contributed by atoms with van der Waals surface area (Å²) >= 11 is 11.2. The molecule has 32 heavy (non-hydrogen) atoms. The van der Waals surface area contributed by atoms with Gasteiger partial charge in [0.2, 0.25) is 0 Å². The molecule has 0 radical (unpaired) electrons. The second-order valence-electron chi connectivity index (χ2n) is 9.49. The molecular formula is C22H28O6P2S2. The summed E-state index contributed by atoms with van der Waals surface area (Å²) in [5, 5.41) is 0. The van der Waals surface area contributed by atoms with Gasteiger partial charge >= 0.3 is 13.4 Å². The Labute approximate surface area is 200 Å². The van der Waals surface area contributed by atoms with E-state index in [9.17, 15) is 0 Å². The lowest BCUT2D eigenvalue weighted by Gasteiger charge is -2.36. The summed E-state index contributed by atoms with van der Waals surface area (Å²) in [6.07, 6.45) is 0. The van der Waals surface area contributed by atoms with Crippen LogP contribution in [0.1, 0.15) is 27.7 Å². The van der Waals surface area contributed by atoms with E-state index in [1.165, 1.54) is 0 Å². The molecule has 2 saturated heterocycles. The highest BCUT2D eigenvalue weighted by Crippen LogP contribution is 2.58. The maximum absolute atomic E-state index is 6.17. The Kier molecular flexibility index (Phi) is 6.90. The second-order valence-corrected chi connectivity index (χ2v) is 15.4. The van der Waals surface area contributed by atoms with Crippen LogP contribution >= 0.6 is 13.4 Å². The van der Waals surface area contributed by atoms with Crippen molar-refractivity contribution in [1.82, 2.24) is 0 Å². The Hall–Kier alpha value is -0.820. The molecule has 2 aromatic rings. The summed E-state index contributed by atoms with van der Waals surface area (Å²) in [6, 6.07) is 15.2. The monoisotopic (exact) mass is 514 g/mol. The van der Waals surface area contributed by atoms with Crippen molar-refractivity contribution in [1.29, 1.82) is 0 Å². The van der Waals surface area contributed by atoms with E-state index in [4.69, 9.17) is 50.8 Å². The maximum atomic E-state index is 6.17. The highest BCUT2D eigenvalue weighted by Gasteiger charge is 2.37. The molecule has 6 nitrogen and oxygen atoms in total. The predicted molar refractivity (Wildman–Crippen MR) is 133 cm³/mol. The number of hydrogen-bond acceptors (Lipinski definition) is 8. The van der Waals surface area contributed by atoms with Gasteiger partial charge in [-0.3, -0.25) is 18.1 Å². The summed E-state index contributed by atoms with van der Waals surface area (Å²) < 4.78 is 35.8. The predicted octanol–water partition coefficient (Wildman–Crippen LogP) is 6.71. The van der Waals surface area contributed by atoms with Gasteiger partial charge in [-0.25, -0.2) is 0 Å². The van der Waals surface area contributed by atoms with E-state index >= 15 is 0 Å². The van der Waals surface area contributed by atoms with Crippen molar-refractivity contribution in [2.24, 2.45) is 10.8 Å². The smallest absolute Gasteiger partial charge is 0.380 e. The first-order valence-electron chi connectivity index (χ1n) is 10.3. The molecule has 0 aliphatic carbocycles. The molecule has 10 heteroatoms. The Bertz CT molecular complexity index is 974. The zero-order valence-corrected chi connectivity index (χ0v) is 22.0. The molecule has 0 unspecified atom stereocenters. The van der Waals surface area contributed by atoms with Crippen LogP contribution in [0.15, 0.2) is 48.5 Å². The zero-order valence-electron chi connectivity index (χ0n) is 18.6. The van der Waals surface area contributed by atoms with Gasteiger partial charge in [-0.15, -0.1) is 0 Å². The molecule has 2 aromatic carbocycles. The van der Waals surface area contributed by atoms with Gasteiger partial charge in [0.1, 0.15) is 11.5 Å². The third kappa shape index (κ3) is 5.81. The maximum Gasteiger partial charge on any atom is 0.380 e. The molecule has 0 atom stereocenters. The average Bonchev–Trinajstić information content (AvgIpc) is 2.74. The molecule has 2 aliphatic heterocycles. The van der Waals surface area contributed by atoms with Crippen LogP contribution in [0.3, 0.4) is 0 Å². The lowest BCUT2D eigenvalue weighted by molar-refractivity contribution is 0.0404. The van der Waals surface area contributed by atoms with Crippen LogP contribution in [-0.2, 0) is 41.7 Å². The number of benzene rings is 2. The van der Waals surface area contributed by atoms with Gasteiger partial charge in [-0.1, -0.05) is 64.1 Å². The normalized spacial score (nSPS) is 23.2. The van der Waals surface area contributed by atoms with E-state index in [0.717, 1.165) is 11.1 Å². The van der Waals surface area contributed by atoms with E-state index in [2.05, 4.69) is 27.7 Å². The van der Waals surface area contributed by atoms with Crippen LogP contribution in [0.25, 0.3) is 11.1 Å². The van der Waals surface area contributed by atoms with Crippen LogP contribution in [0.2, 0.25) is 0 Å². The molecule has 0 bridgehead atoms. The van der Waals surface area contributed by atoms with Crippen molar-refractivity contribution in [3.63, 3.8) is 0 Å². The molecular weight excluding hydrogens is 486 g/mol. The zero-order chi connectivity index (χ0) is 23.0. The van der Waals surface area contributed by atoms with E-state index in [0.29, 0.717) is 37.9 Å². The fourth-order valence-corrected chi connectivity index (χ4v) is 7.36. The topological polar surface area (TPSA) is 55.4 Å². The molecule has 0 saturated carbocycles. The van der Waals surface area contributed by atoms with Gasteiger partial charge in [0.15, 0.2) is 0 Å². The van der Waals surface area contributed by atoms with Gasteiger partial charge in [0.05, 0.1) is 26.4 Å². The summed E-state index contributed by atoms with van der Waals surface area (Å²) in [5.74, 6) is 1.13. The highest BCUT2D eigenvalue weighted by atomic mass is 32.5. The third-order valence-electron chi connectivity index (χ3n) is 4.94. The van der Waals surface area contributed by atoms with Gasteiger partial charge in [0.25, 0.3) is 0 Å². The van der Waals surface area contributed by atoms with Crippen LogP contribution < -0.4 is 9.05 Å². The molecule has 174 valence electrons. The van der Waals surface area contributed by atoms with Crippen molar-refractivity contribution in [3.05, 3.63) is 48.5 Å². The van der Waals surface area contributed by atoms with Crippen molar-refractivity contribution < 1.29 is 27.1 Å². The first-order valence-corrected chi connectivity index (χ1v) is 15.5. The molecule has 4 rings (SSSR count). The molecule has 2 heterocycles. The molecule has 2 aliphatic rings. The molecule has 0 amide bonds. The molecule has 0 spiro atoms. The van der Waals surface area contributed by atoms with Gasteiger partial charge < -0.3 is 9.05 Å². The van der Waals surface area contributed by atoms with Crippen LogP contribution in [-0.4, -0.2) is 26.4 Å². The standard InChI is InChI=1S/C22H28O6P2S2/c1-21(2)13-23-29(31,24-14-21)27-19-11-7-5-9-17(19)18-10-6-8-12-20(18)28-30(32)25-15-22(3,4)16-26-30/h5-12H,13-16H2,1-4H3. The summed E-state index contributed by atoms with van der Waals surface area (Å²) in [6.45, 7) is 4.39. The minimum atomic E-state index is -2.91. The Morgan fingerprint density at radius 1 is 0.625 bits per heavy atom. The molecule has 0 aromatic heterocycles. The van der Waals surface area contributed by atoms with Gasteiger partial charge in [-0.2, -0.15) is 0 Å². The van der Waals surface area contributed by atoms with Crippen molar-refractivity contribution in [3.8, 4) is 22.6 Å². The van der Waals surface area contributed by atoms with Crippen molar-refractivity contribution in [2.45, 2.75) is 27.7 Å². The van der Waals surface area contributed by atoms with Crippen LogP contribution in [0, 0.1) is 10.8 Å². The second kappa shape index (κ2) is 9.09. The lowest BCUT2D eigenvalue weighted by Crippen LogP contribution is -2.30. The fraction of sp³-hybridized carbons (Fsp3) is 0.455. The largest absolute Gasteiger partial charge is 0.423 e. The molecule has 2 fully saturated rings. The minimum Gasteiger partial charge on any atom is -0.423 e. The number of para-hydroxylation sites is 2. The fourth-order valence-electron chi connectivity index (χ4n) is 3.06. The number of rotatable bonds is 5. The van der Waals surface area contributed by atoms with E-state index < -0.39 is 13.4 Å². The summed E-state index contributed by atoms with van der Waals surface area (Å²) in [4.78, 5) is 0. The summed E-state index contributed by atoms with van der Waals surface area (Å²) in [7, 11) is 0. The SMILES string of the molecule is CC1(C)COP(=S)(Oc2ccccc2-c2ccccc2OP2(=S)OCC(C)(C)CO2)OC1. The van der Waals surface area contributed by atoms with Crippen molar-refractivity contribution >= 4 is 37.1 Å². The van der Waals surface area contributed by atoms with Crippen LogP contribution in [0.5, 0.6) is 11.5 Å². The lowest BCUT2D eigenvalue weighted by atomic mass is 9.97. The first-order chi connectivity index (χ1) is 15.0. The molecule has 0 N–H and O–H groups in total. The van der Waals surface area contributed by atoms with Crippen molar-refractivity contribution in [2.75, 3.05) is 26.4 Å². The Morgan fingerprint density at radius 3 is 1.28 bits per heavy atom. The van der Waals surface area contributed by atoms with E-state index in [1.54, 1.807) is 0 Å². The highest BCUT2D eigenvalue weighted by molar-refractivity contribution is 8.08. The van der Waals surface area contributed by atoms with E-state index in [-0.39, 0.29) is 10.8 Å². The van der Waals surface area contributed by atoms with Gasteiger partial charge in [-0.05, 0) is 12.1 Å².